The molecule has 0 aromatic heterocycles. The monoisotopic (exact) mass is 355 g/mol. The molecule has 0 aliphatic carbocycles. The zero-order valence-corrected chi connectivity index (χ0v) is 15.3. The van der Waals surface area contributed by atoms with Gasteiger partial charge in [-0.2, -0.15) is 0 Å². The van der Waals surface area contributed by atoms with Gasteiger partial charge in [0.2, 0.25) is 5.91 Å². The van der Waals surface area contributed by atoms with Gasteiger partial charge in [-0.3, -0.25) is 4.79 Å². The fraction of sp³-hybridized carbons (Fsp3) is 0.333. The molecule has 0 fully saturated rings. The molecule has 2 rings (SSSR count). The lowest BCUT2D eigenvalue weighted by atomic mass is 10.2. The number of amides is 1. The lowest BCUT2D eigenvalue weighted by Gasteiger charge is -2.10. The van der Waals surface area contributed by atoms with Gasteiger partial charge in [-0.25, -0.2) is 4.79 Å². The summed E-state index contributed by atoms with van der Waals surface area (Å²) >= 11 is 0. The van der Waals surface area contributed by atoms with Crippen LogP contribution in [0.4, 0.5) is 5.69 Å². The third-order valence-electron chi connectivity index (χ3n) is 3.76. The molecule has 1 amide bonds. The van der Waals surface area contributed by atoms with E-state index < -0.39 is 5.97 Å². The summed E-state index contributed by atoms with van der Waals surface area (Å²) in [5.41, 5.74) is 0.876. The Labute approximate surface area is 154 Å². The molecule has 26 heavy (non-hydrogen) atoms. The van der Waals surface area contributed by atoms with Gasteiger partial charge >= 0.3 is 5.97 Å². The van der Waals surface area contributed by atoms with Crippen molar-refractivity contribution in [3.8, 4) is 11.5 Å². The van der Waals surface area contributed by atoms with Crippen LogP contribution >= 0.6 is 0 Å². The molecule has 1 N–H and O–H groups in total. The van der Waals surface area contributed by atoms with E-state index in [1.807, 2.05) is 0 Å². The lowest BCUT2D eigenvalue weighted by Crippen LogP contribution is -2.12. The summed E-state index contributed by atoms with van der Waals surface area (Å²) in [5, 5.41) is 2.64. The number of ether oxygens (including phenoxy) is 2. The number of anilines is 1. The van der Waals surface area contributed by atoms with Crippen molar-refractivity contribution in [3.05, 3.63) is 54.1 Å². The van der Waals surface area contributed by atoms with E-state index >= 15 is 0 Å². The minimum Gasteiger partial charge on any atom is -0.494 e. The van der Waals surface area contributed by atoms with Gasteiger partial charge in [-0.05, 0) is 42.8 Å². The number of benzene rings is 2. The fourth-order valence-corrected chi connectivity index (χ4v) is 2.41. The van der Waals surface area contributed by atoms with Crippen LogP contribution < -0.4 is 14.8 Å². The molecule has 0 spiro atoms. The molecular weight excluding hydrogens is 330 g/mol. The number of hydrogen-bond acceptors (Lipinski definition) is 4. The number of rotatable bonds is 9. The number of carbonyl (C=O) groups is 2. The fourth-order valence-electron chi connectivity index (χ4n) is 2.41. The van der Waals surface area contributed by atoms with Gasteiger partial charge in [0.05, 0.1) is 17.9 Å². The van der Waals surface area contributed by atoms with Crippen molar-refractivity contribution in [3.63, 3.8) is 0 Å². The van der Waals surface area contributed by atoms with Crippen LogP contribution in [0.5, 0.6) is 11.5 Å². The van der Waals surface area contributed by atoms with Gasteiger partial charge in [0.15, 0.2) is 5.75 Å². The largest absolute Gasteiger partial charge is 0.494 e. The van der Waals surface area contributed by atoms with Crippen LogP contribution in [0.25, 0.3) is 0 Å². The van der Waals surface area contributed by atoms with Crippen LogP contribution in [0.2, 0.25) is 0 Å². The van der Waals surface area contributed by atoms with Crippen molar-refractivity contribution < 1.29 is 19.1 Å². The maximum absolute atomic E-state index is 12.3. The van der Waals surface area contributed by atoms with Crippen LogP contribution in [0, 0.1) is 0 Å². The second-order valence-electron chi connectivity index (χ2n) is 6.00. The first-order valence-electron chi connectivity index (χ1n) is 8.92. The summed E-state index contributed by atoms with van der Waals surface area (Å²) in [6.07, 6.45) is 4.60. The summed E-state index contributed by atoms with van der Waals surface area (Å²) in [6, 6.07) is 13.7. The van der Waals surface area contributed by atoms with Crippen molar-refractivity contribution in [2.75, 3.05) is 11.9 Å². The van der Waals surface area contributed by atoms with Crippen LogP contribution in [-0.4, -0.2) is 18.5 Å². The molecule has 0 heterocycles. The second-order valence-corrected chi connectivity index (χ2v) is 6.00. The average Bonchev–Trinajstić information content (AvgIpc) is 2.63. The molecule has 5 heteroatoms. The van der Waals surface area contributed by atoms with Gasteiger partial charge < -0.3 is 14.8 Å². The molecular formula is C21H25NO4. The number of nitrogens with one attached hydrogen (secondary N) is 1. The lowest BCUT2D eigenvalue weighted by molar-refractivity contribution is -0.114. The van der Waals surface area contributed by atoms with Crippen LogP contribution in [0.3, 0.4) is 0 Å². The second kappa shape index (κ2) is 10.2. The topological polar surface area (TPSA) is 64.6 Å². The van der Waals surface area contributed by atoms with Gasteiger partial charge in [0, 0.05) is 6.92 Å². The number of para-hydroxylation sites is 2. The van der Waals surface area contributed by atoms with Gasteiger partial charge in [-0.1, -0.05) is 38.3 Å². The van der Waals surface area contributed by atoms with E-state index in [1.54, 1.807) is 48.5 Å². The summed E-state index contributed by atoms with van der Waals surface area (Å²) < 4.78 is 11.1. The van der Waals surface area contributed by atoms with Gasteiger partial charge in [0.25, 0.3) is 0 Å². The third-order valence-corrected chi connectivity index (χ3v) is 3.76. The Morgan fingerprint density at radius 2 is 1.69 bits per heavy atom. The van der Waals surface area contributed by atoms with Gasteiger partial charge in [0.1, 0.15) is 5.75 Å². The number of esters is 1. The van der Waals surface area contributed by atoms with E-state index in [4.69, 9.17) is 9.47 Å². The molecule has 0 bridgehead atoms. The van der Waals surface area contributed by atoms with Crippen molar-refractivity contribution in [2.45, 2.75) is 39.5 Å². The molecule has 0 saturated heterocycles. The van der Waals surface area contributed by atoms with E-state index in [2.05, 4.69) is 12.2 Å². The van der Waals surface area contributed by atoms with Crippen molar-refractivity contribution in [2.24, 2.45) is 0 Å². The zero-order valence-electron chi connectivity index (χ0n) is 15.3. The molecule has 0 atom stereocenters. The Hall–Kier alpha value is -2.82. The smallest absolute Gasteiger partial charge is 0.343 e. The molecule has 0 radical (unpaired) electrons. The highest BCUT2D eigenvalue weighted by molar-refractivity contribution is 5.94. The Kier molecular flexibility index (Phi) is 7.68. The maximum atomic E-state index is 12.3. The van der Waals surface area contributed by atoms with E-state index in [9.17, 15) is 9.59 Å². The predicted molar refractivity (Wildman–Crippen MR) is 102 cm³/mol. The quantitative estimate of drug-likeness (QED) is 0.398. The van der Waals surface area contributed by atoms with E-state index in [-0.39, 0.29) is 5.91 Å². The van der Waals surface area contributed by atoms with Crippen molar-refractivity contribution in [1.29, 1.82) is 0 Å². The Bertz CT molecular complexity index is 725. The van der Waals surface area contributed by atoms with Crippen molar-refractivity contribution >= 4 is 17.6 Å². The number of hydrogen-bond donors (Lipinski definition) is 1. The molecule has 2 aromatic rings. The Morgan fingerprint density at radius 3 is 2.38 bits per heavy atom. The molecule has 5 nitrogen and oxygen atoms in total. The third kappa shape index (κ3) is 6.24. The van der Waals surface area contributed by atoms with Crippen molar-refractivity contribution in [1.82, 2.24) is 0 Å². The Balaban J connectivity index is 1.93. The van der Waals surface area contributed by atoms with E-state index in [0.717, 1.165) is 18.6 Å². The zero-order chi connectivity index (χ0) is 18.8. The molecule has 138 valence electrons. The first kappa shape index (κ1) is 19.5. The first-order chi connectivity index (χ1) is 12.6. The van der Waals surface area contributed by atoms with Crippen LogP contribution in [0.15, 0.2) is 48.5 Å². The molecule has 0 aliphatic heterocycles. The molecule has 0 unspecified atom stereocenters. The molecule has 2 aromatic carbocycles. The molecule has 0 aliphatic rings. The summed E-state index contributed by atoms with van der Waals surface area (Å²) in [5.74, 6) is 0.326. The highest BCUT2D eigenvalue weighted by atomic mass is 16.5. The van der Waals surface area contributed by atoms with E-state index in [1.165, 1.54) is 19.8 Å². The molecule has 0 saturated carbocycles. The number of unbranched alkanes of at least 4 members (excludes halogenated alkanes) is 3. The van der Waals surface area contributed by atoms with Crippen LogP contribution in [0.1, 0.15) is 49.9 Å². The summed E-state index contributed by atoms with van der Waals surface area (Å²) in [6.45, 7) is 4.25. The SMILES string of the molecule is CCCCCCOc1ccc(C(=O)Oc2ccccc2NC(C)=O)cc1. The average molecular weight is 355 g/mol. The van der Waals surface area contributed by atoms with Crippen LogP contribution in [-0.2, 0) is 4.79 Å². The summed E-state index contributed by atoms with van der Waals surface area (Å²) in [7, 11) is 0. The Morgan fingerprint density at radius 1 is 0.962 bits per heavy atom. The first-order valence-corrected chi connectivity index (χ1v) is 8.92. The van der Waals surface area contributed by atoms with E-state index in [0.29, 0.717) is 23.6 Å². The number of carbonyl (C=O) groups excluding carboxylic acids is 2. The van der Waals surface area contributed by atoms with Gasteiger partial charge in [-0.15, -0.1) is 0 Å². The highest BCUT2D eigenvalue weighted by Gasteiger charge is 2.12. The minimum absolute atomic E-state index is 0.228. The predicted octanol–water partition coefficient (Wildman–Crippen LogP) is 4.82. The summed E-state index contributed by atoms with van der Waals surface area (Å²) in [4.78, 5) is 23.6. The highest BCUT2D eigenvalue weighted by Crippen LogP contribution is 2.25. The minimum atomic E-state index is -0.489. The maximum Gasteiger partial charge on any atom is 0.343 e. The standard InChI is InChI=1S/C21H25NO4/c1-3-4-5-8-15-25-18-13-11-17(12-14-18)21(24)26-20-10-7-6-9-19(20)22-16(2)23/h6-7,9-14H,3-5,8,15H2,1-2H3,(H,22,23). The normalized spacial score (nSPS) is 10.2.